The van der Waals surface area contributed by atoms with Gasteiger partial charge in [0.05, 0.1) is 6.04 Å². The molecule has 1 saturated heterocycles. The minimum atomic E-state index is -4.62. The Morgan fingerprint density at radius 3 is 2.52 bits per heavy atom. The standard InChI is InChI=1S/C18H31F3N2O2/c1-12-6-4-7-15(13(12)2)22-16(24)14(3)23-10-5-8-17(25,9-11-23)18(19,20)21/h12-15,25H,4-11H2,1-3H3,(H,22,24). The van der Waals surface area contributed by atoms with Gasteiger partial charge in [-0.25, -0.2) is 0 Å². The summed E-state index contributed by atoms with van der Waals surface area (Å²) in [5, 5.41) is 13.0. The van der Waals surface area contributed by atoms with Crippen molar-refractivity contribution >= 4 is 5.91 Å². The molecule has 1 aliphatic carbocycles. The Morgan fingerprint density at radius 1 is 1.20 bits per heavy atom. The van der Waals surface area contributed by atoms with Gasteiger partial charge in [0.1, 0.15) is 0 Å². The summed E-state index contributed by atoms with van der Waals surface area (Å²) in [4.78, 5) is 14.4. The summed E-state index contributed by atoms with van der Waals surface area (Å²) in [7, 11) is 0. The number of rotatable bonds is 3. The highest BCUT2D eigenvalue weighted by Gasteiger charge is 2.53. The summed E-state index contributed by atoms with van der Waals surface area (Å²) in [6.07, 6.45) is -1.87. The second kappa shape index (κ2) is 7.82. The minimum absolute atomic E-state index is 0.0707. The van der Waals surface area contributed by atoms with Crippen LogP contribution in [0.4, 0.5) is 13.2 Å². The van der Waals surface area contributed by atoms with Gasteiger partial charge in [0.2, 0.25) is 5.91 Å². The zero-order valence-electron chi connectivity index (χ0n) is 15.4. The van der Waals surface area contributed by atoms with E-state index >= 15 is 0 Å². The zero-order chi connectivity index (χ0) is 18.8. The Kier molecular flexibility index (Phi) is 6.41. The largest absolute Gasteiger partial charge is 0.417 e. The Labute approximate surface area is 148 Å². The Hall–Kier alpha value is -0.820. The van der Waals surface area contributed by atoms with E-state index in [2.05, 4.69) is 19.2 Å². The Bertz CT molecular complexity index is 472. The van der Waals surface area contributed by atoms with E-state index in [0.29, 0.717) is 18.4 Å². The average Bonchev–Trinajstić information content (AvgIpc) is 2.73. The maximum Gasteiger partial charge on any atom is 0.417 e. The van der Waals surface area contributed by atoms with Gasteiger partial charge in [0.25, 0.3) is 0 Å². The van der Waals surface area contributed by atoms with E-state index in [4.69, 9.17) is 0 Å². The van der Waals surface area contributed by atoms with Gasteiger partial charge in [-0.2, -0.15) is 13.2 Å². The molecule has 0 aromatic heterocycles. The number of likely N-dealkylation sites (tertiary alicyclic amines) is 1. The molecular weight excluding hydrogens is 333 g/mol. The normalized spacial score (nSPS) is 36.5. The summed E-state index contributed by atoms with van der Waals surface area (Å²) in [6, 6.07) is -0.349. The second-order valence-corrected chi connectivity index (χ2v) is 7.98. The highest BCUT2D eigenvalue weighted by Crippen LogP contribution is 2.38. The third-order valence-electron chi connectivity index (χ3n) is 6.34. The van der Waals surface area contributed by atoms with Crippen molar-refractivity contribution in [2.75, 3.05) is 13.1 Å². The lowest BCUT2D eigenvalue weighted by molar-refractivity contribution is -0.263. The van der Waals surface area contributed by atoms with Crippen molar-refractivity contribution in [2.24, 2.45) is 11.8 Å². The fraction of sp³-hybridized carbons (Fsp3) is 0.944. The lowest BCUT2D eigenvalue weighted by Gasteiger charge is -2.36. The van der Waals surface area contributed by atoms with Crippen molar-refractivity contribution < 1.29 is 23.1 Å². The first-order valence-corrected chi connectivity index (χ1v) is 9.39. The molecule has 0 aromatic carbocycles. The lowest BCUT2D eigenvalue weighted by atomic mass is 9.78. The molecule has 4 nitrogen and oxygen atoms in total. The maximum absolute atomic E-state index is 13.0. The molecular formula is C18H31F3N2O2. The molecule has 1 saturated carbocycles. The first-order chi connectivity index (χ1) is 11.5. The van der Waals surface area contributed by atoms with E-state index in [1.165, 1.54) is 6.42 Å². The molecule has 2 fully saturated rings. The molecule has 5 atom stereocenters. The zero-order valence-corrected chi connectivity index (χ0v) is 15.4. The number of hydrogen-bond acceptors (Lipinski definition) is 3. The highest BCUT2D eigenvalue weighted by atomic mass is 19.4. The average molecular weight is 364 g/mol. The molecule has 5 unspecified atom stereocenters. The molecule has 0 radical (unpaired) electrons. The number of nitrogens with one attached hydrogen (secondary N) is 1. The van der Waals surface area contributed by atoms with E-state index < -0.39 is 17.8 Å². The summed E-state index contributed by atoms with van der Waals surface area (Å²) in [5.41, 5.74) is -2.63. The van der Waals surface area contributed by atoms with Crippen molar-refractivity contribution in [3.05, 3.63) is 0 Å². The van der Waals surface area contributed by atoms with Crippen LogP contribution in [0.1, 0.15) is 59.3 Å². The maximum atomic E-state index is 13.0. The summed E-state index contributed by atoms with van der Waals surface area (Å²) in [5.74, 6) is 0.849. The topological polar surface area (TPSA) is 52.6 Å². The van der Waals surface area contributed by atoms with Crippen molar-refractivity contribution in [1.29, 1.82) is 0 Å². The first-order valence-electron chi connectivity index (χ1n) is 9.39. The summed E-state index contributed by atoms with van der Waals surface area (Å²) in [6.45, 7) is 6.54. The van der Waals surface area contributed by atoms with Crippen LogP contribution < -0.4 is 5.32 Å². The molecule has 2 aliphatic rings. The van der Waals surface area contributed by atoms with Crippen LogP contribution in [0.5, 0.6) is 0 Å². The van der Waals surface area contributed by atoms with Crippen LogP contribution in [0.2, 0.25) is 0 Å². The molecule has 146 valence electrons. The number of alkyl halides is 3. The van der Waals surface area contributed by atoms with Crippen molar-refractivity contribution in [1.82, 2.24) is 10.2 Å². The third kappa shape index (κ3) is 4.67. The fourth-order valence-corrected chi connectivity index (χ4v) is 4.07. The van der Waals surface area contributed by atoms with Crippen molar-refractivity contribution in [3.63, 3.8) is 0 Å². The molecule has 0 spiro atoms. The van der Waals surface area contributed by atoms with Gasteiger partial charge in [-0.1, -0.05) is 26.7 Å². The quantitative estimate of drug-likeness (QED) is 0.809. The first kappa shape index (κ1) is 20.5. The fourth-order valence-electron chi connectivity index (χ4n) is 4.07. The van der Waals surface area contributed by atoms with Gasteiger partial charge in [0.15, 0.2) is 5.60 Å². The van der Waals surface area contributed by atoms with E-state index in [1.807, 2.05) is 0 Å². The number of halogens is 3. The number of hydrogen-bond donors (Lipinski definition) is 2. The monoisotopic (exact) mass is 364 g/mol. The Balaban J connectivity index is 1.93. The lowest BCUT2D eigenvalue weighted by Crippen LogP contribution is -2.52. The molecule has 1 heterocycles. The van der Waals surface area contributed by atoms with Crippen LogP contribution in [-0.2, 0) is 4.79 Å². The number of nitrogens with zero attached hydrogens (tertiary/aromatic N) is 1. The number of aliphatic hydroxyl groups is 1. The summed E-state index contributed by atoms with van der Waals surface area (Å²) >= 11 is 0. The van der Waals surface area contributed by atoms with Gasteiger partial charge >= 0.3 is 6.18 Å². The highest BCUT2D eigenvalue weighted by molar-refractivity contribution is 5.81. The minimum Gasteiger partial charge on any atom is -0.380 e. The van der Waals surface area contributed by atoms with E-state index in [9.17, 15) is 23.1 Å². The van der Waals surface area contributed by atoms with E-state index in [-0.39, 0.29) is 37.8 Å². The molecule has 0 aromatic rings. The van der Waals surface area contributed by atoms with Gasteiger partial charge in [-0.05, 0) is 51.0 Å². The molecule has 1 amide bonds. The van der Waals surface area contributed by atoms with Crippen LogP contribution in [0, 0.1) is 11.8 Å². The van der Waals surface area contributed by atoms with Gasteiger partial charge in [-0.15, -0.1) is 0 Å². The van der Waals surface area contributed by atoms with Crippen LogP contribution >= 0.6 is 0 Å². The molecule has 2 N–H and O–H groups in total. The summed E-state index contributed by atoms with van der Waals surface area (Å²) < 4.78 is 39.1. The number of carbonyl (C=O) groups is 1. The molecule has 0 bridgehead atoms. The Morgan fingerprint density at radius 2 is 1.88 bits per heavy atom. The second-order valence-electron chi connectivity index (χ2n) is 7.98. The smallest absolute Gasteiger partial charge is 0.380 e. The van der Waals surface area contributed by atoms with Crippen LogP contribution in [0.25, 0.3) is 0 Å². The third-order valence-corrected chi connectivity index (χ3v) is 6.34. The van der Waals surface area contributed by atoms with Crippen molar-refractivity contribution in [2.45, 2.75) is 83.2 Å². The van der Waals surface area contributed by atoms with Crippen LogP contribution in [0.15, 0.2) is 0 Å². The number of carbonyl (C=O) groups excluding carboxylic acids is 1. The van der Waals surface area contributed by atoms with Gasteiger partial charge < -0.3 is 10.4 Å². The van der Waals surface area contributed by atoms with Crippen molar-refractivity contribution in [3.8, 4) is 0 Å². The molecule has 7 heteroatoms. The van der Waals surface area contributed by atoms with Crippen LogP contribution in [0.3, 0.4) is 0 Å². The number of amides is 1. The van der Waals surface area contributed by atoms with Gasteiger partial charge in [-0.3, -0.25) is 9.69 Å². The molecule has 2 rings (SSSR count). The van der Waals surface area contributed by atoms with Gasteiger partial charge in [0, 0.05) is 12.6 Å². The predicted molar refractivity (Wildman–Crippen MR) is 90.0 cm³/mol. The van der Waals surface area contributed by atoms with E-state index in [0.717, 1.165) is 12.8 Å². The van der Waals surface area contributed by atoms with E-state index in [1.54, 1.807) is 11.8 Å². The predicted octanol–water partition coefficient (Wildman–Crippen LogP) is 3.10. The van der Waals surface area contributed by atoms with Crippen LogP contribution in [-0.4, -0.2) is 52.9 Å². The molecule has 25 heavy (non-hydrogen) atoms. The SMILES string of the molecule is CC1CCCC(NC(=O)C(C)N2CCCC(O)(C(F)(F)F)CC2)C1C. The molecule has 1 aliphatic heterocycles.